The molecule has 0 spiro atoms. The highest BCUT2D eigenvalue weighted by molar-refractivity contribution is 7.15. The van der Waals surface area contributed by atoms with Crippen LogP contribution in [0.25, 0.3) is 16.2 Å². The fraction of sp³-hybridized carbons (Fsp3) is 0.280. The first kappa shape index (κ1) is 21.0. The van der Waals surface area contributed by atoms with Crippen molar-refractivity contribution in [2.24, 2.45) is 0 Å². The van der Waals surface area contributed by atoms with Crippen LogP contribution in [0.3, 0.4) is 0 Å². The summed E-state index contributed by atoms with van der Waals surface area (Å²) in [6, 6.07) is 16.2. The third-order valence-electron chi connectivity index (χ3n) is 6.09. The molecule has 0 unspecified atom stereocenters. The van der Waals surface area contributed by atoms with Crippen LogP contribution in [0.5, 0.6) is 0 Å². The van der Waals surface area contributed by atoms with Crippen molar-refractivity contribution >= 4 is 39.5 Å². The van der Waals surface area contributed by atoms with E-state index in [1.807, 2.05) is 35.2 Å². The van der Waals surface area contributed by atoms with Gasteiger partial charge in [-0.05, 0) is 31.0 Å². The number of hydrogen-bond acceptors (Lipinski definition) is 4. The molecule has 2 aromatic carbocycles. The number of thiazole rings is 1. The molecule has 1 fully saturated rings. The smallest absolute Gasteiger partial charge is 0.223 e. The molecule has 0 saturated carbocycles. The number of hydrogen-bond donors (Lipinski definition) is 0. The van der Waals surface area contributed by atoms with Crippen LogP contribution < -0.4 is 4.90 Å². The van der Waals surface area contributed by atoms with E-state index in [9.17, 15) is 4.79 Å². The Balaban J connectivity index is 1.20. The number of carbonyl (C=O) groups is 1. The molecule has 164 valence electrons. The van der Waals surface area contributed by atoms with Crippen molar-refractivity contribution in [3.05, 3.63) is 76.4 Å². The molecular weight excluding hydrogens is 440 g/mol. The maximum Gasteiger partial charge on any atom is 0.223 e. The summed E-state index contributed by atoms with van der Waals surface area (Å²) in [6.45, 7) is 5.25. The van der Waals surface area contributed by atoms with Crippen molar-refractivity contribution < 1.29 is 4.79 Å². The topological polar surface area (TPSA) is 40.8 Å². The van der Waals surface area contributed by atoms with Crippen molar-refractivity contribution in [1.29, 1.82) is 0 Å². The number of anilines is 1. The lowest BCUT2D eigenvalue weighted by Crippen LogP contribution is -2.49. The lowest BCUT2D eigenvalue weighted by Gasteiger charge is -2.37. The third-order valence-corrected chi connectivity index (χ3v) is 7.22. The van der Waals surface area contributed by atoms with E-state index in [1.54, 1.807) is 11.3 Å². The maximum atomic E-state index is 12.9. The third kappa shape index (κ3) is 4.25. The van der Waals surface area contributed by atoms with Crippen LogP contribution in [-0.4, -0.2) is 46.4 Å². The lowest BCUT2D eigenvalue weighted by molar-refractivity contribution is -0.131. The van der Waals surface area contributed by atoms with Gasteiger partial charge in [0.2, 0.25) is 5.91 Å². The van der Waals surface area contributed by atoms with Crippen molar-refractivity contribution in [2.75, 3.05) is 31.1 Å². The molecule has 7 heteroatoms. The molecule has 0 aliphatic carbocycles. The number of aryl methyl sites for hydroxylation is 2. The zero-order valence-electron chi connectivity index (χ0n) is 18.0. The fourth-order valence-corrected chi connectivity index (χ4v) is 5.34. The van der Waals surface area contributed by atoms with Crippen LogP contribution in [-0.2, 0) is 11.2 Å². The minimum atomic E-state index is 0.218. The van der Waals surface area contributed by atoms with Gasteiger partial charge in [-0.2, -0.15) is 0 Å². The molecule has 0 bridgehead atoms. The Morgan fingerprint density at radius 3 is 2.66 bits per heavy atom. The van der Waals surface area contributed by atoms with Crippen LogP contribution in [0.15, 0.2) is 60.1 Å². The minimum absolute atomic E-state index is 0.218. The van der Waals surface area contributed by atoms with E-state index in [4.69, 9.17) is 16.6 Å². The maximum absolute atomic E-state index is 12.9. The van der Waals surface area contributed by atoms with Gasteiger partial charge in [0.15, 0.2) is 4.96 Å². The van der Waals surface area contributed by atoms with E-state index in [0.717, 1.165) is 59.5 Å². The second-order valence-electron chi connectivity index (χ2n) is 8.17. The molecule has 5 rings (SSSR count). The Morgan fingerprint density at radius 1 is 1.09 bits per heavy atom. The molecule has 1 saturated heterocycles. The number of imidazole rings is 1. The molecule has 1 aliphatic heterocycles. The number of nitrogens with zero attached hydrogens (tertiary/aromatic N) is 4. The van der Waals surface area contributed by atoms with Crippen LogP contribution in [0, 0.1) is 6.92 Å². The van der Waals surface area contributed by atoms with Gasteiger partial charge in [-0.15, -0.1) is 11.3 Å². The standard InChI is InChI=1S/C25H25ClN4OS/c1-18-7-8-20(26)15-23(18)28-11-13-29(14-12-28)24(31)10-9-21-17-32-25-27-22(16-30(21)25)19-5-3-2-4-6-19/h2-8,15-17H,9-14H2,1H3. The van der Waals surface area contributed by atoms with E-state index < -0.39 is 0 Å². The normalized spacial score (nSPS) is 14.3. The zero-order chi connectivity index (χ0) is 22.1. The van der Waals surface area contributed by atoms with Gasteiger partial charge in [-0.25, -0.2) is 4.98 Å². The van der Waals surface area contributed by atoms with E-state index >= 15 is 0 Å². The monoisotopic (exact) mass is 464 g/mol. The number of halogens is 1. The van der Waals surface area contributed by atoms with Crippen molar-refractivity contribution in [3.8, 4) is 11.3 Å². The summed E-state index contributed by atoms with van der Waals surface area (Å²) in [7, 11) is 0. The number of benzene rings is 2. The van der Waals surface area contributed by atoms with Crippen LogP contribution >= 0.6 is 22.9 Å². The molecule has 1 aliphatic rings. The summed E-state index contributed by atoms with van der Waals surface area (Å²) in [6.07, 6.45) is 3.31. The number of fused-ring (bicyclic) bond motifs is 1. The largest absolute Gasteiger partial charge is 0.368 e. The first-order valence-corrected chi connectivity index (χ1v) is 12.1. The molecule has 1 amide bonds. The van der Waals surface area contributed by atoms with Gasteiger partial charge in [0, 0.05) is 66.1 Å². The van der Waals surface area contributed by atoms with Gasteiger partial charge in [-0.1, -0.05) is 48.0 Å². The quantitative estimate of drug-likeness (QED) is 0.402. The van der Waals surface area contributed by atoms with Gasteiger partial charge >= 0.3 is 0 Å². The second kappa shape index (κ2) is 8.96. The lowest BCUT2D eigenvalue weighted by atomic mass is 10.1. The van der Waals surface area contributed by atoms with E-state index in [1.165, 1.54) is 11.3 Å². The number of carbonyl (C=O) groups excluding carboxylic acids is 1. The summed E-state index contributed by atoms with van der Waals surface area (Å²) in [4.78, 5) is 22.9. The Hall–Kier alpha value is -2.83. The molecule has 2 aromatic heterocycles. The van der Waals surface area contributed by atoms with Gasteiger partial charge in [0.05, 0.1) is 5.69 Å². The molecule has 0 atom stereocenters. The Kier molecular flexibility index (Phi) is 5.89. The molecule has 0 radical (unpaired) electrons. The van der Waals surface area contributed by atoms with Crippen molar-refractivity contribution in [2.45, 2.75) is 19.8 Å². The Bertz CT molecular complexity index is 1240. The first-order chi connectivity index (χ1) is 15.6. The summed E-state index contributed by atoms with van der Waals surface area (Å²) < 4.78 is 2.13. The molecule has 0 N–H and O–H groups in total. The predicted molar refractivity (Wildman–Crippen MR) is 132 cm³/mol. The SMILES string of the molecule is Cc1ccc(Cl)cc1N1CCN(C(=O)CCc2csc3nc(-c4ccccc4)cn23)CC1. The zero-order valence-corrected chi connectivity index (χ0v) is 19.6. The highest BCUT2D eigenvalue weighted by atomic mass is 35.5. The molecular formula is C25H25ClN4OS. The predicted octanol–water partition coefficient (Wildman–Crippen LogP) is 5.31. The second-order valence-corrected chi connectivity index (χ2v) is 9.44. The van der Waals surface area contributed by atoms with E-state index in [2.05, 4.69) is 46.0 Å². The molecule has 32 heavy (non-hydrogen) atoms. The number of amides is 1. The van der Waals surface area contributed by atoms with Gasteiger partial charge in [-0.3, -0.25) is 9.20 Å². The van der Waals surface area contributed by atoms with E-state index in [-0.39, 0.29) is 5.91 Å². The highest BCUT2D eigenvalue weighted by Crippen LogP contribution is 2.26. The first-order valence-electron chi connectivity index (χ1n) is 10.9. The summed E-state index contributed by atoms with van der Waals surface area (Å²) in [5, 5.41) is 2.87. The summed E-state index contributed by atoms with van der Waals surface area (Å²) in [5.41, 5.74) is 5.60. The number of aromatic nitrogens is 2. The summed E-state index contributed by atoms with van der Waals surface area (Å²) in [5.74, 6) is 0.218. The van der Waals surface area contributed by atoms with Crippen LogP contribution in [0.2, 0.25) is 5.02 Å². The van der Waals surface area contributed by atoms with Crippen LogP contribution in [0.4, 0.5) is 5.69 Å². The average molecular weight is 465 g/mol. The highest BCUT2D eigenvalue weighted by Gasteiger charge is 2.22. The minimum Gasteiger partial charge on any atom is -0.368 e. The summed E-state index contributed by atoms with van der Waals surface area (Å²) >= 11 is 7.81. The fourth-order valence-electron chi connectivity index (χ4n) is 4.27. The van der Waals surface area contributed by atoms with Crippen LogP contribution in [0.1, 0.15) is 17.7 Å². The number of piperazine rings is 1. The van der Waals surface area contributed by atoms with Gasteiger partial charge in [0.1, 0.15) is 0 Å². The number of rotatable bonds is 5. The molecule has 3 heterocycles. The Labute approximate surface area is 196 Å². The van der Waals surface area contributed by atoms with Crippen molar-refractivity contribution in [3.63, 3.8) is 0 Å². The molecule has 4 aromatic rings. The van der Waals surface area contributed by atoms with Gasteiger partial charge < -0.3 is 9.80 Å². The Morgan fingerprint density at radius 2 is 1.88 bits per heavy atom. The van der Waals surface area contributed by atoms with Gasteiger partial charge in [0.25, 0.3) is 0 Å². The molecule has 5 nitrogen and oxygen atoms in total. The van der Waals surface area contributed by atoms with E-state index in [0.29, 0.717) is 6.42 Å². The average Bonchev–Trinajstić information content (AvgIpc) is 3.41. The van der Waals surface area contributed by atoms with Crippen molar-refractivity contribution in [1.82, 2.24) is 14.3 Å².